The van der Waals surface area contributed by atoms with Gasteiger partial charge in [0.1, 0.15) is 36.2 Å². The van der Waals surface area contributed by atoms with Crippen LogP contribution in [-0.4, -0.2) is 238 Å². The summed E-state index contributed by atoms with van der Waals surface area (Å²) in [6.45, 7) is 7.83. The second kappa shape index (κ2) is 34.8. The van der Waals surface area contributed by atoms with Crippen LogP contribution in [0.5, 0.6) is 5.75 Å². The molecule has 3 aromatic carbocycles. The Hall–Kier alpha value is -8.60. The molecule has 7 amide bonds. The van der Waals surface area contributed by atoms with Crippen LogP contribution < -0.4 is 31.3 Å². The number of aliphatic carboxylic acids is 1. The average molecular weight is 1610 g/mol. The molecule has 38 heteroatoms. The highest BCUT2D eigenvalue weighted by molar-refractivity contribution is 7.86. The number of alkyl halides is 2. The number of carboxylic acid groups (broad SMARTS) is 1. The van der Waals surface area contributed by atoms with Crippen LogP contribution in [0.4, 0.5) is 25.0 Å². The van der Waals surface area contributed by atoms with Gasteiger partial charge in [0.15, 0.2) is 5.71 Å². The maximum absolute atomic E-state index is 14.1. The fraction of sp³-hybridized carbons (Fsp3) is 0.521. The number of ether oxygens (including phenoxy) is 3. The number of benzene rings is 3. The molecule has 109 heavy (non-hydrogen) atoms. The standard InChI is InChI=1S/C71H91F2N9O23S4/c1-69(2)52-41-50(108(97,98)99)18-20-56(52)80(26-5-7-36-106(91,92)93)59(69)22-14-46-10-9-11-47(15-23-60-70(3,4)53-42-51(109(100,101)102)19-21-57(53)81(60)27-6-8-37-107(94,95)96)63(46)105-49-16-12-45(13-17-49)38-55(67(88)89)76-61(83)24-32-103-34-35-104-33-25-75-68(90)79-30-28-78(29-31-79)62(84)40-48-39-54(77-65(48)86)66(87)82-44-71(72,73)43-58(82)64(74)85/h12-23,41-42,48,54-55,58H,5-11,24-40,43-44H2,1-4H3,(H9-,74,75,76,77,83,85,86,88,89,90,91,92,93,94,95,96,97,98,99,100,101,102)/p+1/t48-,54-,55-,58-/m0/s1. The first-order chi connectivity index (χ1) is 51.0. The van der Waals surface area contributed by atoms with Crippen LogP contribution in [0.3, 0.4) is 0 Å². The highest BCUT2D eigenvalue weighted by Crippen LogP contribution is 2.49. The molecule has 0 bridgehead atoms. The van der Waals surface area contributed by atoms with E-state index in [1.54, 1.807) is 36.4 Å². The van der Waals surface area contributed by atoms with E-state index in [1.165, 1.54) is 34.1 Å². The summed E-state index contributed by atoms with van der Waals surface area (Å²) in [4.78, 5) is 94.3. The van der Waals surface area contributed by atoms with E-state index in [2.05, 4.69) is 16.0 Å². The molecule has 3 fully saturated rings. The zero-order valence-corrected chi connectivity index (χ0v) is 63.8. The Morgan fingerprint density at radius 2 is 1.38 bits per heavy atom. The van der Waals surface area contributed by atoms with Crippen LogP contribution in [-0.2, 0) is 96.0 Å². The highest BCUT2D eigenvalue weighted by atomic mass is 32.2. The Balaban J connectivity index is 0.809. The predicted octanol–water partition coefficient (Wildman–Crippen LogP) is 4.58. The van der Waals surface area contributed by atoms with Gasteiger partial charge >= 0.3 is 12.0 Å². The predicted molar refractivity (Wildman–Crippen MR) is 390 cm³/mol. The first kappa shape index (κ1) is 84.4. The highest BCUT2D eigenvalue weighted by Gasteiger charge is 2.52. The van der Waals surface area contributed by atoms with Crippen LogP contribution in [0.15, 0.2) is 117 Å². The van der Waals surface area contributed by atoms with Crippen molar-refractivity contribution in [3.8, 4) is 5.75 Å². The minimum Gasteiger partial charge on any atom is -0.480 e. The van der Waals surface area contributed by atoms with Crippen molar-refractivity contribution in [2.45, 2.75) is 149 Å². The van der Waals surface area contributed by atoms with Gasteiger partial charge in [0, 0.05) is 112 Å². The fourth-order valence-corrected chi connectivity index (χ4v) is 16.5. The van der Waals surface area contributed by atoms with Crippen LogP contribution in [0.1, 0.15) is 115 Å². The number of piperazine rings is 1. The van der Waals surface area contributed by atoms with Crippen molar-refractivity contribution in [3.63, 3.8) is 0 Å². The zero-order valence-electron chi connectivity index (χ0n) is 60.6. The van der Waals surface area contributed by atoms with Crippen molar-refractivity contribution in [1.29, 1.82) is 0 Å². The van der Waals surface area contributed by atoms with Crippen LogP contribution in [0, 0.1) is 5.92 Å². The van der Waals surface area contributed by atoms with E-state index in [4.69, 9.17) is 19.9 Å². The molecule has 4 atom stereocenters. The molecule has 5 heterocycles. The Morgan fingerprint density at radius 3 is 2.01 bits per heavy atom. The van der Waals surface area contributed by atoms with Gasteiger partial charge < -0.3 is 60.6 Å². The van der Waals surface area contributed by atoms with Crippen molar-refractivity contribution in [2.75, 3.05) is 95.2 Å². The lowest BCUT2D eigenvalue weighted by Crippen LogP contribution is -2.53. The number of carbonyl (C=O) groups is 7. The van der Waals surface area contributed by atoms with Crippen LogP contribution in [0.2, 0.25) is 0 Å². The maximum atomic E-state index is 14.1. The number of rotatable bonds is 34. The Labute approximate surface area is 630 Å². The second-order valence-corrected chi connectivity index (χ2v) is 34.6. The first-order valence-electron chi connectivity index (χ1n) is 35.4. The number of carboxylic acids is 1. The van der Waals surface area contributed by atoms with Crippen LogP contribution in [0.25, 0.3) is 0 Å². The van der Waals surface area contributed by atoms with Crippen LogP contribution >= 0.6 is 0 Å². The third-order valence-corrected chi connectivity index (χ3v) is 23.4. The molecule has 0 spiro atoms. The molecule has 596 valence electrons. The molecule has 0 unspecified atom stereocenters. The minimum absolute atomic E-state index is 0.0559. The van der Waals surface area contributed by atoms with Gasteiger partial charge in [0.25, 0.3) is 46.4 Å². The lowest BCUT2D eigenvalue weighted by atomic mass is 9.81. The number of nitrogens with two attached hydrogens (primary N) is 1. The summed E-state index contributed by atoms with van der Waals surface area (Å²) in [5, 5.41) is 18.0. The molecular formula is C71H92F2N9O23S4+. The van der Waals surface area contributed by atoms with Gasteiger partial charge in [-0.3, -0.25) is 42.2 Å². The third-order valence-electron chi connectivity index (χ3n) is 20.1. The van der Waals surface area contributed by atoms with Crippen molar-refractivity contribution in [2.24, 2.45) is 11.7 Å². The number of likely N-dealkylation sites (tertiary alicyclic amines) is 1. The Bertz CT molecular complexity index is 4650. The Kier molecular flexibility index (Phi) is 26.9. The number of urea groups is 1. The van der Waals surface area contributed by atoms with Gasteiger partial charge in [-0.15, -0.1) is 0 Å². The monoisotopic (exact) mass is 1600 g/mol. The molecular weight excluding hydrogens is 1510 g/mol. The second-order valence-electron chi connectivity index (χ2n) is 28.6. The van der Waals surface area contributed by atoms with E-state index in [0.29, 0.717) is 86.3 Å². The molecule has 5 aliphatic heterocycles. The van der Waals surface area contributed by atoms with Gasteiger partial charge in [0.2, 0.25) is 35.2 Å². The number of fused-ring (bicyclic) bond motifs is 2. The number of carbonyl (C=O) groups excluding carboxylic acids is 6. The van der Waals surface area contributed by atoms with E-state index in [1.807, 2.05) is 61.5 Å². The number of halogens is 2. The molecule has 0 saturated carbocycles. The third kappa shape index (κ3) is 21.9. The van der Waals surface area contributed by atoms with Crippen molar-refractivity contribution >= 4 is 99.1 Å². The number of nitrogens with one attached hydrogen (secondary N) is 3. The van der Waals surface area contributed by atoms with Crippen molar-refractivity contribution < 1.29 is 118 Å². The summed E-state index contributed by atoms with van der Waals surface area (Å²) in [5.74, 6) is -9.42. The minimum atomic E-state index is -4.64. The Morgan fingerprint density at radius 1 is 0.752 bits per heavy atom. The number of amides is 7. The summed E-state index contributed by atoms with van der Waals surface area (Å²) < 4.78 is 184. The van der Waals surface area contributed by atoms with Gasteiger partial charge in [-0.05, 0) is 136 Å². The number of hydrogen-bond donors (Lipinski definition) is 9. The van der Waals surface area contributed by atoms with E-state index in [9.17, 15) is 99.3 Å². The SMILES string of the molecule is CC1(C)C(/C=C/C2=C(Oc3ccc(C[C@H](NC(=O)CCOCCOCCNC(=O)N4CCN(C(=O)C[C@@H]5C[C@@H](C(=O)N6CC(F)(F)C[C@H]6C(N)=O)NC5=O)CC4)C(=O)O)cc3)C(=C/C=C3/N(CCCCS(=O)(=O)O)c4ccc(S(=O)(=O)O)cc4C3(C)C)/CCC2)=[N+](CCCCS(=O)(=O)O)c2ccc(S(=O)(=O)O)cc21. The lowest BCUT2D eigenvalue weighted by molar-refractivity contribution is -0.438. The number of anilines is 1. The van der Waals surface area contributed by atoms with Gasteiger partial charge in [-0.2, -0.15) is 38.2 Å². The molecule has 9 rings (SSSR count). The fourth-order valence-electron chi connectivity index (χ4n) is 14.4. The van der Waals surface area contributed by atoms with Crippen molar-refractivity contribution in [3.05, 3.63) is 124 Å². The van der Waals surface area contributed by atoms with Gasteiger partial charge in [-0.25, -0.2) is 18.4 Å². The number of unbranched alkanes of at least 4 members (excludes halogenated alkanes) is 2. The summed E-state index contributed by atoms with van der Waals surface area (Å²) in [6.07, 6.45) is 8.01. The number of nitrogens with zero attached hydrogens (tertiary/aromatic N) is 5. The van der Waals surface area contributed by atoms with E-state index < -0.39 is 147 Å². The number of allylic oxidation sites excluding steroid dienone is 7. The largest absolute Gasteiger partial charge is 0.480 e. The maximum Gasteiger partial charge on any atom is 0.326 e. The quantitative estimate of drug-likeness (QED) is 0.0224. The molecule has 10 N–H and O–H groups in total. The van der Waals surface area contributed by atoms with E-state index in [-0.39, 0.29) is 133 Å². The van der Waals surface area contributed by atoms with Gasteiger partial charge in [-0.1, -0.05) is 32.1 Å². The topological polar surface area (TPSA) is 463 Å². The average Bonchev–Trinajstić information content (AvgIpc) is 1.59. The molecule has 32 nitrogen and oxygen atoms in total. The van der Waals surface area contributed by atoms with Crippen molar-refractivity contribution in [1.82, 2.24) is 30.7 Å². The first-order valence-corrected chi connectivity index (χ1v) is 41.5. The van der Waals surface area contributed by atoms with Gasteiger partial charge in [0.05, 0.1) is 59.7 Å². The normalized spacial score (nSPS) is 20.9. The smallest absolute Gasteiger partial charge is 0.326 e. The zero-order chi connectivity index (χ0) is 79.8. The molecule has 3 aromatic rings. The summed E-state index contributed by atoms with van der Waals surface area (Å²) in [6, 6.07) is 10.4. The summed E-state index contributed by atoms with van der Waals surface area (Å²) in [5.41, 5.74) is 8.89. The van der Waals surface area contributed by atoms with E-state index >= 15 is 0 Å². The lowest BCUT2D eigenvalue weighted by Gasteiger charge is -2.35. The molecule has 3 saturated heterocycles. The number of primary amides is 1. The van der Waals surface area contributed by atoms with E-state index in [0.717, 1.165) is 0 Å². The molecule has 0 aromatic heterocycles. The summed E-state index contributed by atoms with van der Waals surface area (Å²) in [7, 11) is -17.9. The molecule has 1 aliphatic carbocycles. The molecule has 6 aliphatic rings. The summed E-state index contributed by atoms with van der Waals surface area (Å²) >= 11 is 0. The number of hydrogen-bond acceptors (Lipinski definition) is 19. The molecule has 0 radical (unpaired) electrons.